The van der Waals surface area contributed by atoms with Crippen molar-refractivity contribution in [1.29, 1.82) is 0 Å². The minimum atomic E-state index is 0. The molecule has 0 aromatic carbocycles. The van der Waals surface area contributed by atoms with Gasteiger partial charge < -0.3 is 28.5 Å². The first-order valence-electron chi connectivity index (χ1n) is 4.50. The molecule has 1 nitrogen and oxygen atoms in total. The van der Waals surface area contributed by atoms with Crippen LogP contribution in [0.4, 0.5) is 0 Å². The molecule has 0 amide bonds. The van der Waals surface area contributed by atoms with Crippen LogP contribution in [-0.2, 0) is 0 Å². The van der Waals surface area contributed by atoms with E-state index in [1.54, 1.807) is 0 Å². The Kier molecular flexibility index (Phi) is 13.6. The molecule has 0 aliphatic carbocycles. The second-order valence-electron chi connectivity index (χ2n) is 4.02. The molecule has 82 valence electrons. The number of thioether (sulfide) groups is 1. The highest BCUT2D eigenvalue weighted by Crippen LogP contribution is 2.07. The van der Waals surface area contributed by atoms with E-state index in [1.165, 1.54) is 35.3 Å². The summed E-state index contributed by atoms with van der Waals surface area (Å²) in [5.74, 6) is 2.66. The van der Waals surface area contributed by atoms with E-state index in [1.807, 2.05) is 0 Å². The lowest BCUT2D eigenvalue weighted by molar-refractivity contribution is -0.867. The van der Waals surface area contributed by atoms with Crippen molar-refractivity contribution in [3.8, 4) is 0 Å². The Morgan fingerprint density at radius 2 is 1.69 bits per heavy atom. The van der Waals surface area contributed by atoms with E-state index in [4.69, 9.17) is 0 Å². The van der Waals surface area contributed by atoms with E-state index in [2.05, 4.69) is 55.5 Å². The summed E-state index contributed by atoms with van der Waals surface area (Å²) in [6.07, 6.45) is 2.78. The lowest BCUT2D eigenvalue weighted by Crippen LogP contribution is -3.00. The SMILES string of the molecule is C[N+](C)(C)CCSCCCCI.[I-]. The van der Waals surface area contributed by atoms with Crippen LogP contribution in [0.5, 0.6) is 0 Å². The van der Waals surface area contributed by atoms with Gasteiger partial charge in [0, 0.05) is 5.75 Å². The van der Waals surface area contributed by atoms with Crippen molar-refractivity contribution in [3.63, 3.8) is 0 Å². The van der Waals surface area contributed by atoms with Gasteiger partial charge in [0.1, 0.15) is 0 Å². The maximum Gasteiger partial charge on any atom is 0.0872 e. The molecule has 0 N–H and O–H groups in total. The second kappa shape index (κ2) is 10.3. The van der Waals surface area contributed by atoms with Gasteiger partial charge in [0.25, 0.3) is 0 Å². The predicted octanol–water partition coefficient (Wildman–Crippen LogP) is -0.355. The van der Waals surface area contributed by atoms with Crippen molar-refractivity contribution in [2.24, 2.45) is 0 Å². The Hall–Kier alpha value is 1.77. The summed E-state index contributed by atoms with van der Waals surface area (Å²) < 4.78 is 2.41. The summed E-state index contributed by atoms with van der Waals surface area (Å²) >= 11 is 4.55. The number of quaternary nitrogens is 1. The standard InChI is InChI=1S/C9H21INS.HI/c1-11(2,3)7-9-12-8-5-4-6-10;/h4-9H2,1-3H3;1H/q+1;/p-1. The minimum Gasteiger partial charge on any atom is -1.00 e. The molecular formula is C9H21I2NS. The topological polar surface area (TPSA) is 0 Å². The summed E-state index contributed by atoms with van der Waals surface area (Å²) in [4.78, 5) is 0. The van der Waals surface area contributed by atoms with Crippen molar-refractivity contribution < 1.29 is 28.5 Å². The van der Waals surface area contributed by atoms with Crippen LogP contribution in [0, 0.1) is 0 Å². The quantitative estimate of drug-likeness (QED) is 0.231. The number of nitrogens with zero attached hydrogens (tertiary/aromatic N) is 1. The monoisotopic (exact) mass is 429 g/mol. The molecule has 0 saturated heterocycles. The molecule has 0 atom stereocenters. The van der Waals surface area contributed by atoms with Gasteiger partial charge in [-0.3, -0.25) is 0 Å². The van der Waals surface area contributed by atoms with Crippen molar-refractivity contribution in [3.05, 3.63) is 0 Å². The van der Waals surface area contributed by atoms with Crippen LogP contribution < -0.4 is 24.0 Å². The third-order valence-electron chi connectivity index (χ3n) is 1.58. The van der Waals surface area contributed by atoms with Crippen LogP contribution in [0.3, 0.4) is 0 Å². The lowest BCUT2D eigenvalue weighted by atomic mass is 10.4. The highest BCUT2D eigenvalue weighted by molar-refractivity contribution is 14.1. The molecule has 0 aromatic heterocycles. The third kappa shape index (κ3) is 16.4. The fraction of sp³-hybridized carbons (Fsp3) is 1.00. The number of hydrogen-bond acceptors (Lipinski definition) is 1. The van der Waals surface area contributed by atoms with Crippen LogP contribution in [0.2, 0.25) is 0 Å². The summed E-state index contributed by atoms with van der Waals surface area (Å²) in [5.41, 5.74) is 0. The van der Waals surface area contributed by atoms with Gasteiger partial charge in [0.2, 0.25) is 0 Å². The maximum atomic E-state index is 2.45. The van der Waals surface area contributed by atoms with E-state index >= 15 is 0 Å². The van der Waals surface area contributed by atoms with Crippen LogP contribution in [0.1, 0.15) is 12.8 Å². The maximum absolute atomic E-state index is 2.45. The first-order chi connectivity index (χ1) is 5.56. The Bertz CT molecular complexity index is 104. The molecule has 4 heteroatoms. The van der Waals surface area contributed by atoms with Gasteiger partial charge in [-0.05, 0) is 23.0 Å². The normalized spacial score (nSPS) is 11.1. The zero-order valence-corrected chi connectivity index (χ0v) is 14.0. The second-order valence-corrected chi connectivity index (χ2v) is 6.33. The smallest absolute Gasteiger partial charge is 0.0872 e. The largest absolute Gasteiger partial charge is 1.00 e. The summed E-state index contributed by atoms with van der Waals surface area (Å²) in [7, 11) is 6.77. The lowest BCUT2D eigenvalue weighted by Gasteiger charge is -2.23. The Morgan fingerprint density at radius 1 is 1.08 bits per heavy atom. The molecule has 0 radical (unpaired) electrons. The first-order valence-corrected chi connectivity index (χ1v) is 7.18. The van der Waals surface area contributed by atoms with Gasteiger partial charge in [-0.25, -0.2) is 0 Å². The molecule has 0 aliphatic rings. The molecule has 13 heavy (non-hydrogen) atoms. The minimum absolute atomic E-state index is 0. The van der Waals surface area contributed by atoms with Crippen molar-refractivity contribution in [1.82, 2.24) is 0 Å². The van der Waals surface area contributed by atoms with E-state index in [0.29, 0.717) is 0 Å². The van der Waals surface area contributed by atoms with E-state index in [0.717, 1.165) is 4.48 Å². The number of halogens is 2. The zero-order valence-electron chi connectivity index (χ0n) is 8.85. The average Bonchev–Trinajstić information content (AvgIpc) is 1.94. The molecule has 0 bridgehead atoms. The van der Waals surface area contributed by atoms with Gasteiger partial charge in [-0.1, -0.05) is 22.6 Å². The van der Waals surface area contributed by atoms with E-state index < -0.39 is 0 Å². The molecule has 0 saturated carbocycles. The van der Waals surface area contributed by atoms with E-state index in [9.17, 15) is 0 Å². The number of rotatable bonds is 7. The fourth-order valence-electron chi connectivity index (χ4n) is 0.739. The van der Waals surface area contributed by atoms with Crippen LogP contribution in [0.25, 0.3) is 0 Å². The summed E-state index contributed by atoms with van der Waals surface area (Å²) in [6, 6.07) is 0. The Labute approximate surface area is 118 Å². The van der Waals surface area contributed by atoms with Gasteiger partial charge in [-0.2, -0.15) is 11.8 Å². The molecule has 0 aromatic rings. The van der Waals surface area contributed by atoms with Gasteiger partial charge >= 0.3 is 0 Å². The number of unbranched alkanes of at least 4 members (excludes halogenated alkanes) is 1. The highest BCUT2D eigenvalue weighted by atomic mass is 127. The van der Waals surface area contributed by atoms with Crippen molar-refractivity contribution in [2.75, 3.05) is 43.6 Å². The Morgan fingerprint density at radius 3 is 2.15 bits per heavy atom. The molecule has 0 fully saturated rings. The molecule has 0 rings (SSSR count). The van der Waals surface area contributed by atoms with Crippen molar-refractivity contribution in [2.45, 2.75) is 12.8 Å². The van der Waals surface area contributed by atoms with Crippen molar-refractivity contribution >= 4 is 34.4 Å². The van der Waals surface area contributed by atoms with Crippen LogP contribution in [-0.4, -0.2) is 48.1 Å². The fourth-order valence-corrected chi connectivity index (χ4v) is 2.57. The number of hydrogen-bond donors (Lipinski definition) is 0. The molecular weight excluding hydrogens is 408 g/mol. The van der Waals surface area contributed by atoms with Gasteiger partial charge in [-0.15, -0.1) is 0 Å². The molecule has 0 spiro atoms. The average molecular weight is 429 g/mol. The predicted molar refractivity (Wildman–Crippen MR) is 68.3 cm³/mol. The van der Waals surface area contributed by atoms with Gasteiger partial charge in [0.15, 0.2) is 0 Å². The summed E-state index contributed by atoms with van der Waals surface area (Å²) in [5, 5.41) is 0. The molecule has 0 heterocycles. The number of alkyl halides is 1. The third-order valence-corrected chi connectivity index (χ3v) is 3.39. The van der Waals surface area contributed by atoms with Gasteiger partial charge in [0.05, 0.1) is 27.7 Å². The molecule has 0 aliphatic heterocycles. The van der Waals surface area contributed by atoms with E-state index in [-0.39, 0.29) is 24.0 Å². The van der Waals surface area contributed by atoms with Crippen LogP contribution >= 0.6 is 34.4 Å². The highest BCUT2D eigenvalue weighted by Gasteiger charge is 2.04. The Balaban J connectivity index is 0. The van der Waals surface area contributed by atoms with Crippen LogP contribution in [0.15, 0.2) is 0 Å². The summed E-state index contributed by atoms with van der Waals surface area (Å²) in [6.45, 7) is 1.29. The first kappa shape index (κ1) is 17.2. The molecule has 0 unspecified atom stereocenters. The zero-order chi connectivity index (χ0) is 9.45.